The van der Waals surface area contributed by atoms with Crippen molar-refractivity contribution in [2.75, 3.05) is 13.1 Å². The number of likely N-dealkylation sites (tertiary alicyclic amines) is 1. The van der Waals surface area contributed by atoms with E-state index in [-0.39, 0.29) is 12.4 Å². The first-order valence-electron chi connectivity index (χ1n) is 8.22. The van der Waals surface area contributed by atoms with E-state index in [4.69, 9.17) is 4.74 Å². The molecule has 124 valence electrons. The molecule has 4 heteroatoms. The van der Waals surface area contributed by atoms with Crippen molar-refractivity contribution in [2.45, 2.75) is 19.6 Å². The van der Waals surface area contributed by atoms with Gasteiger partial charge in [0.15, 0.2) is 0 Å². The minimum absolute atomic E-state index is 0.0163. The van der Waals surface area contributed by atoms with Gasteiger partial charge in [0, 0.05) is 26.1 Å². The first-order valence-corrected chi connectivity index (χ1v) is 8.22. The fourth-order valence-electron chi connectivity index (χ4n) is 2.91. The number of benzene rings is 2. The Bertz CT molecular complexity index is 685. The SMILES string of the molecule is O=C1CCN(Cc2ccccc2)C[C@@H]1C(=O)OCc1ccccc1. The highest BCUT2D eigenvalue weighted by molar-refractivity contribution is 5.99. The van der Waals surface area contributed by atoms with Crippen LogP contribution in [0.2, 0.25) is 0 Å². The number of hydrogen-bond donors (Lipinski definition) is 0. The van der Waals surface area contributed by atoms with Gasteiger partial charge in [-0.25, -0.2) is 0 Å². The molecule has 1 fully saturated rings. The molecular formula is C20H21NO3. The highest BCUT2D eigenvalue weighted by Crippen LogP contribution is 2.18. The van der Waals surface area contributed by atoms with Crippen molar-refractivity contribution in [1.82, 2.24) is 4.90 Å². The summed E-state index contributed by atoms with van der Waals surface area (Å²) in [4.78, 5) is 26.6. The summed E-state index contributed by atoms with van der Waals surface area (Å²) in [6.45, 7) is 2.08. The van der Waals surface area contributed by atoms with E-state index in [9.17, 15) is 9.59 Å². The maximum atomic E-state index is 12.3. The number of ketones is 1. The molecule has 1 saturated heterocycles. The molecule has 0 spiro atoms. The van der Waals surface area contributed by atoms with E-state index >= 15 is 0 Å². The Hall–Kier alpha value is -2.46. The average molecular weight is 323 g/mol. The molecule has 0 radical (unpaired) electrons. The van der Waals surface area contributed by atoms with Crippen LogP contribution in [-0.2, 0) is 27.5 Å². The topological polar surface area (TPSA) is 46.6 Å². The average Bonchev–Trinajstić information content (AvgIpc) is 2.63. The van der Waals surface area contributed by atoms with Crippen LogP contribution in [0.3, 0.4) is 0 Å². The van der Waals surface area contributed by atoms with Gasteiger partial charge in [0.05, 0.1) is 0 Å². The van der Waals surface area contributed by atoms with Crippen LogP contribution < -0.4 is 0 Å². The number of piperidine rings is 1. The maximum absolute atomic E-state index is 12.3. The molecule has 2 aromatic carbocycles. The van der Waals surface area contributed by atoms with Gasteiger partial charge in [-0.05, 0) is 11.1 Å². The lowest BCUT2D eigenvalue weighted by Crippen LogP contribution is -2.44. The van der Waals surface area contributed by atoms with Gasteiger partial charge in [0.2, 0.25) is 0 Å². The van der Waals surface area contributed by atoms with Gasteiger partial charge in [0.25, 0.3) is 0 Å². The van der Waals surface area contributed by atoms with Gasteiger partial charge < -0.3 is 4.74 Å². The molecule has 1 aliphatic heterocycles. The fourth-order valence-corrected chi connectivity index (χ4v) is 2.91. The Balaban J connectivity index is 1.57. The standard InChI is InChI=1S/C20H21NO3/c22-19-11-12-21(13-16-7-3-1-4-8-16)14-18(19)20(23)24-15-17-9-5-2-6-10-17/h1-10,18H,11-15H2/t18-/m0/s1. The summed E-state index contributed by atoms with van der Waals surface area (Å²) >= 11 is 0. The first-order chi connectivity index (χ1) is 11.7. The first kappa shape index (κ1) is 16.4. The van der Waals surface area contributed by atoms with Crippen molar-refractivity contribution in [1.29, 1.82) is 0 Å². The van der Waals surface area contributed by atoms with Crippen molar-refractivity contribution in [3.8, 4) is 0 Å². The molecule has 1 aliphatic rings. The Morgan fingerprint density at radius 1 is 1.00 bits per heavy atom. The summed E-state index contributed by atoms with van der Waals surface area (Å²) in [5.41, 5.74) is 2.11. The minimum atomic E-state index is -0.675. The number of carbonyl (C=O) groups is 2. The Morgan fingerprint density at radius 3 is 2.29 bits per heavy atom. The summed E-state index contributed by atoms with van der Waals surface area (Å²) in [6.07, 6.45) is 0.401. The smallest absolute Gasteiger partial charge is 0.318 e. The summed E-state index contributed by atoms with van der Waals surface area (Å²) in [7, 11) is 0. The van der Waals surface area contributed by atoms with Crippen LogP contribution in [0, 0.1) is 5.92 Å². The molecule has 0 aliphatic carbocycles. The second-order valence-electron chi connectivity index (χ2n) is 6.08. The van der Waals surface area contributed by atoms with Crippen molar-refractivity contribution >= 4 is 11.8 Å². The van der Waals surface area contributed by atoms with Gasteiger partial charge in [0.1, 0.15) is 18.3 Å². The summed E-state index contributed by atoms with van der Waals surface area (Å²) < 4.78 is 5.35. The third-order valence-electron chi connectivity index (χ3n) is 4.26. The highest BCUT2D eigenvalue weighted by Gasteiger charge is 2.33. The number of rotatable bonds is 5. The number of ether oxygens (including phenoxy) is 1. The van der Waals surface area contributed by atoms with Crippen molar-refractivity contribution < 1.29 is 14.3 Å². The molecular weight excluding hydrogens is 302 g/mol. The largest absolute Gasteiger partial charge is 0.460 e. The van der Waals surface area contributed by atoms with Crippen molar-refractivity contribution in [3.05, 3.63) is 71.8 Å². The van der Waals surface area contributed by atoms with Gasteiger partial charge in [-0.15, -0.1) is 0 Å². The molecule has 4 nitrogen and oxygen atoms in total. The third-order valence-corrected chi connectivity index (χ3v) is 4.26. The van der Waals surface area contributed by atoms with Gasteiger partial charge in [-0.3, -0.25) is 14.5 Å². The lowest BCUT2D eigenvalue weighted by Gasteiger charge is -2.30. The molecule has 24 heavy (non-hydrogen) atoms. The number of nitrogens with zero attached hydrogens (tertiary/aromatic N) is 1. The highest BCUT2D eigenvalue weighted by atomic mass is 16.5. The van der Waals surface area contributed by atoms with Gasteiger partial charge >= 0.3 is 5.97 Å². The van der Waals surface area contributed by atoms with E-state index < -0.39 is 11.9 Å². The Labute approximate surface area is 142 Å². The summed E-state index contributed by atoms with van der Waals surface area (Å²) in [5, 5.41) is 0. The minimum Gasteiger partial charge on any atom is -0.460 e. The molecule has 1 atom stereocenters. The van der Waals surface area contributed by atoms with E-state index in [2.05, 4.69) is 17.0 Å². The molecule has 1 heterocycles. The van der Waals surface area contributed by atoms with Crippen LogP contribution in [0.4, 0.5) is 0 Å². The maximum Gasteiger partial charge on any atom is 0.318 e. The quantitative estimate of drug-likeness (QED) is 0.627. The molecule has 2 aromatic rings. The van der Waals surface area contributed by atoms with E-state index in [0.29, 0.717) is 19.5 Å². The molecule has 3 rings (SSSR count). The lowest BCUT2D eigenvalue weighted by molar-refractivity contribution is -0.155. The summed E-state index contributed by atoms with van der Waals surface area (Å²) in [5.74, 6) is -1.11. The number of esters is 1. The zero-order chi connectivity index (χ0) is 16.8. The van der Waals surface area contributed by atoms with E-state index in [1.807, 2.05) is 48.5 Å². The zero-order valence-corrected chi connectivity index (χ0v) is 13.6. The van der Waals surface area contributed by atoms with Crippen molar-refractivity contribution in [2.24, 2.45) is 5.92 Å². The monoisotopic (exact) mass is 323 g/mol. The van der Waals surface area contributed by atoms with Crippen molar-refractivity contribution in [3.63, 3.8) is 0 Å². The Kier molecular flexibility index (Phi) is 5.39. The van der Waals surface area contributed by atoms with E-state index in [1.54, 1.807) is 0 Å². The van der Waals surface area contributed by atoms with Crippen LogP contribution in [0.25, 0.3) is 0 Å². The van der Waals surface area contributed by atoms with Gasteiger partial charge in [-0.1, -0.05) is 60.7 Å². The second-order valence-corrected chi connectivity index (χ2v) is 6.08. The molecule has 0 aromatic heterocycles. The fraction of sp³-hybridized carbons (Fsp3) is 0.300. The van der Waals surface area contributed by atoms with E-state index in [0.717, 1.165) is 12.1 Å². The lowest BCUT2D eigenvalue weighted by atomic mass is 9.96. The summed E-state index contributed by atoms with van der Waals surface area (Å²) in [6, 6.07) is 19.6. The number of carbonyl (C=O) groups excluding carboxylic acids is 2. The normalized spacial score (nSPS) is 18.3. The van der Waals surface area contributed by atoms with Crippen LogP contribution in [0.15, 0.2) is 60.7 Å². The van der Waals surface area contributed by atoms with E-state index in [1.165, 1.54) is 5.56 Å². The predicted octanol–water partition coefficient (Wildman–Crippen LogP) is 2.82. The molecule has 0 saturated carbocycles. The second kappa shape index (κ2) is 7.88. The zero-order valence-electron chi connectivity index (χ0n) is 13.6. The predicted molar refractivity (Wildman–Crippen MR) is 91.1 cm³/mol. The van der Waals surface area contributed by atoms with Crippen LogP contribution in [0.5, 0.6) is 0 Å². The Morgan fingerprint density at radius 2 is 1.62 bits per heavy atom. The number of Topliss-reactive ketones (excluding diaryl/α,β-unsaturated/α-hetero) is 1. The van der Waals surface area contributed by atoms with Gasteiger partial charge in [-0.2, -0.15) is 0 Å². The molecule has 0 N–H and O–H groups in total. The van der Waals surface area contributed by atoms with Crippen LogP contribution in [0.1, 0.15) is 17.5 Å². The molecule has 0 amide bonds. The van der Waals surface area contributed by atoms with Crippen LogP contribution >= 0.6 is 0 Å². The number of hydrogen-bond acceptors (Lipinski definition) is 4. The molecule has 0 bridgehead atoms. The van der Waals surface area contributed by atoms with Crippen LogP contribution in [-0.4, -0.2) is 29.7 Å². The third kappa shape index (κ3) is 4.30. The molecule has 0 unspecified atom stereocenters.